The van der Waals surface area contributed by atoms with Gasteiger partial charge in [0.2, 0.25) is 0 Å². The van der Waals surface area contributed by atoms with Gasteiger partial charge in [0.05, 0.1) is 6.61 Å². The first kappa shape index (κ1) is 16.8. The van der Waals surface area contributed by atoms with E-state index in [2.05, 4.69) is 28.1 Å². The number of piperazine rings is 1. The van der Waals surface area contributed by atoms with Crippen LogP contribution in [0.4, 0.5) is 0 Å². The topological polar surface area (TPSA) is 65.6 Å². The summed E-state index contributed by atoms with van der Waals surface area (Å²) in [5.74, 6) is 0.941. The molecule has 0 atom stereocenters. The molecular formula is C20H23N3O3. The highest BCUT2D eigenvalue weighted by Gasteiger charge is 2.24. The smallest absolute Gasteiger partial charge is 0.270 e. The predicted octanol–water partition coefficient (Wildman–Crippen LogP) is 2.11. The summed E-state index contributed by atoms with van der Waals surface area (Å²) in [7, 11) is 0. The molecule has 1 fully saturated rings. The molecule has 2 aromatic rings. The second-order valence-electron chi connectivity index (χ2n) is 6.97. The van der Waals surface area contributed by atoms with Gasteiger partial charge in [0.15, 0.2) is 5.78 Å². The van der Waals surface area contributed by atoms with Crippen LogP contribution in [0, 0.1) is 0 Å². The van der Waals surface area contributed by atoms with E-state index in [0.717, 1.165) is 38.4 Å². The van der Waals surface area contributed by atoms with Crippen molar-refractivity contribution in [3.8, 4) is 5.75 Å². The van der Waals surface area contributed by atoms with Gasteiger partial charge in [-0.25, -0.2) is 0 Å². The average Bonchev–Trinajstić information content (AvgIpc) is 3.31. The van der Waals surface area contributed by atoms with E-state index in [9.17, 15) is 9.59 Å². The van der Waals surface area contributed by atoms with Crippen LogP contribution in [0.5, 0.6) is 5.75 Å². The number of carbonyl (C=O) groups excluding carboxylic acids is 2. The van der Waals surface area contributed by atoms with Crippen LogP contribution in [0.1, 0.15) is 38.9 Å². The predicted molar refractivity (Wildman–Crippen MR) is 97.6 cm³/mol. The molecule has 1 amide bonds. The van der Waals surface area contributed by atoms with Gasteiger partial charge < -0.3 is 14.6 Å². The zero-order chi connectivity index (χ0) is 18.1. The van der Waals surface area contributed by atoms with Crippen molar-refractivity contribution < 1.29 is 14.3 Å². The van der Waals surface area contributed by atoms with Crippen LogP contribution in [0.25, 0.3) is 0 Å². The first-order chi connectivity index (χ1) is 12.6. The number of aromatic amines is 1. The molecule has 0 saturated carbocycles. The minimum Gasteiger partial charge on any atom is -0.493 e. The third-order valence-corrected chi connectivity index (χ3v) is 5.14. The number of amides is 1. The van der Waals surface area contributed by atoms with Gasteiger partial charge in [-0.05, 0) is 30.2 Å². The highest BCUT2D eigenvalue weighted by molar-refractivity contribution is 5.99. The van der Waals surface area contributed by atoms with Gasteiger partial charge in [-0.2, -0.15) is 0 Å². The number of nitrogens with one attached hydrogen (secondary N) is 1. The molecule has 3 heterocycles. The molecule has 0 unspecified atom stereocenters. The molecule has 2 aliphatic rings. The molecule has 1 aromatic carbocycles. The molecule has 26 heavy (non-hydrogen) atoms. The van der Waals surface area contributed by atoms with Gasteiger partial charge in [-0.3, -0.25) is 14.5 Å². The van der Waals surface area contributed by atoms with E-state index < -0.39 is 0 Å². The number of fused-ring (bicyclic) bond motifs is 1. The molecule has 0 bridgehead atoms. The van der Waals surface area contributed by atoms with Crippen LogP contribution in [0.2, 0.25) is 0 Å². The zero-order valence-corrected chi connectivity index (χ0v) is 15.0. The lowest BCUT2D eigenvalue weighted by molar-refractivity contribution is 0.0623. The Morgan fingerprint density at radius 1 is 1.15 bits per heavy atom. The van der Waals surface area contributed by atoms with Gasteiger partial charge >= 0.3 is 0 Å². The molecule has 0 spiro atoms. The molecular weight excluding hydrogens is 330 g/mol. The van der Waals surface area contributed by atoms with Gasteiger partial charge in [-0.1, -0.05) is 12.1 Å². The van der Waals surface area contributed by atoms with Crippen LogP contribution in [0.15, 0.2) is 30.5 Å². The van der Waals surface area contributed by atoms with E-state index >= 15 is 0 Å². The van der Waals surface area contributed by atoms with Crippen molar-refractivity contribution in [2.45, 2.75) is 19.9 Å². The minimum atomic E-state index is -0.0372. The Morgan fingerprint density at radius 2 is 1.96 bits per heavy atom. The summed E-state index contributed by atoms with van der Waals surface area (Å²) in [4.78, 5) is 31.1. The quantitative estimate of drug-likeness (QED) is 0.855. The highest BCUT2D eigenvalue weighted by Crippen LogP contribution is 2.26. The van der Waals surface area contributed by atoms with Crippen molar-refractivity contribution in [3.63, 3.8) is 0 Å². The summed E-state index contributed by atoms with van der Waals surface area (Å²) in [5.41, 5.74) is 3.63. The third-order valence-electron chi connectivity index (χ3n) is 5.14. The number of ketones is 1. The average molecular weight is 353 g/mol. The van der Waals surface area contributed by atoms with Crippen LogP contribution in [-0.2, 0) is 13.0 Å². The third kappa shape index (κ3) is 3.37. The fraction of sp³-hybridized carbons (Fsp3) is 0.400. The summed E-state index contributed by atoms with van der Waals surface area (Å²) in [6.07, 6.45) is 2.59. The fourth-order valence-electron chi connectivity index (χ4n) is 3.60. The first-order valence-corrected chi connectivity index (χ1v) is 9.06. The zero-order valence-electron chi connectivity index (χ0n) is 15.0. The van der Waals surface area contributed by atoms with E-state index in [0.29, 0.717) is 24.3 Å². The number of aromatic nitrogens is 1. The maximum atomic E-state index is 12.6. The molecule has 1 saturated heterocycles. The van der Waals surface area contributed by atoms with Gasteiger partial charge in [0.1, 0.15) is 11.4 Å². The lowest BCUT2D eigenvalue weighted by atomic mass is 10.1. The number of benzene rings is 1. The van der Waals surface area contributed by atoms with Crippen molar-refractivity contribution in [2.75, 3.05) is 32.8 Å². The van der Waals surface area contributed by atoms with E-state index in [4.69, 9.17) is 4.74 Å². The van der Waals surface area contributed by atoms with Crippen molar-refractivity contribution in [1.29, 1.82) is 0 Å². The van der Waals surface area contributed by atoms with Crippen LogP contribution in [0.3, 0.4) is 0 Å². The Labute approximate surface area is 152 Å². The molecule has 6 heteroatoms. The van der Waals surface area contributed by atoms with E-state index in [1.54, 1.807) is 12.3 Å². The molecule has 1 N–H and O–H groups in total. The number of hydrogen-bond acceptors (Lipinski definition) is 4. The first-order valence-electron chi connectivity index (χ1n) is 9.06. The fourth-order valence-corrected chi connectivity index (χ4v) is 3.60. The van der Waals surface area contributed by atoms with Crippen LogP contribution in [-0.4, -0.2) is 59.3 Å². The SMILES string of the molecule is CC(=O)c1c[nH]c(C(=O)N2CCN(Cc3ccc4c(c3)CCO4)CC2)c1. The monoisotopic (exact) mass is 353 g/mol. The summed E-state index contributed by atoms with van der Waals surface area (Å²) >= 11 is 0. The lowest BCUT2D eigenvalue weighted by Crippen LogP contribution is -2.48. The number of nitrogens with zero attached hydrogens (tertiary/aromatic N) is 2. The molecule has 136 valence electrons. The molecule has 4 rings (SSSR count). The summed E-state index contributed by atoms with van der Waals surface area (Å²) in [6, 6.07) is 8.07. The van der Waals surface area contributed by atoms with Gasteiger partial charge in [-0.15, -0.1) is 0 Å². The number of ether oxygens (including phenoxy) is 1. The largest absolute Gasteiger partial charge is 0.493 e. The molecule has 1 aromatic heterocycles. The summed E-state index contributed by atoms with van der Waals surface area (Å²) in [6.45, 7) is 6.26. The molecule has 6 nitrogen and oxygen atoms in total. The number of hydrogen-bond donors (Lipinski definition) is 1. The van der Waals surface area contributed by atoms with Crippen molar-refractivity contribution in [1.82, 2.24) is 14.8 Å². The number of carbonyl (C=O) groups is 2. The van der Waals surface area contributed by atoms with Gasteiger partial charge in [0.25, 0.3) is 5.91 Å². The van der Waals surface area contributed by atoms with Gasteiger partial charge in [0, 0.05) is 50.9 Å². The Hall–Kier alpha value is -2.60. The van der Waals surface area contributed by atoms with Crippen LogP contribution < -0.4 is 4.74 Å². The van der Waals surface area contributed by atoms with E-state index in [-0.39, 0.29) is 11.7 Å². The van der Waals surface area contributed by atoms with Crippen molar-refractivity contribution >= 4 is 11.7 Å². The van der Waals surface area contributed by atoms with Crippen molar-refractivity contribution in [3.05, 3.63) is 52.8 Å². The van der Waals surface area contributed by atoms with Crippen molar-refractivity contribution in [2.24, 2.45) is 0 Å². The molecule has 2 aliphatic heterocycles. The minimum absolute atomic E-state index is 0.0353. The lowest BCUT2D eigenvalue weighted by Gasteiger charge is -2.34. The standard InChI is InChI=1S/C20H23N3O3/c1-14(24)17-11-18(21-12-17)20(25)23-7-5-22(6-8-23)13-15-2-3-19-16(10-15)4-9-26-19/h2-3,10-12,21H,4-9,13H2,1H3. The summed E-state index contributed by atoms with van der Waals surface area (Å²) < 4.78 is 5.56. The molecule has 0 radical (unpaired) electrons. The van der Waals surface area contributed by atoms with Crippen LogP contribution >= 0.6 is 0 Å². The second kappa shape index (κ2) is 6.96. The van der Waals surface area contributed by atoms with E-state index in [1.165, 1.54) is 18.1 Å². The highest BCUT2D eigenvalue weighted by atomic mass is 16.5. The Kier molecular flexibility index (Phi) is 4.51. The number of rotatable bonds is 4. The number of H-pyrrole nitrogens is 1. The Balaban J connectivity index is 1.33. The summed E-state index contributed by atoms with van der Waals surface area (Å²) in [5, 5.41) is 0. The Bertz CT molecular complexity index is 835. The maximum Gasteiger partial charge on any atom is 0.270 e. The second-order valence-corrected chi connectivity index (χ2v) is 6.97. The Morgan fingerprint density at radius 3 is 2.69 bits per heavy atom. The normalized spacial score (nSPS) is 17.0. The molecule has 0 aliphatic carbocycles. The number of Topliss-reactive ketones (excluding diaryl/α,β-unsaturated/α-hetero) is 1. The maximum absolute atomic E-state index is 12.6. The van der Waals surface area contributed by atoms with E-state index in [1.807, 2.05) is 4.90 Å².